The molecule has 6 heteroatoms. The van der Waals surface area contributed by atoms with E-state index >= 15 is 0 Å². The molecule has 0 radical (unpaired) electrons. The molecule has 1 aliphatic rings. The van der Waals surface area contributed by atoms with Crippen LogP contribution in [-0.2, 0) is 0 Å². The number of nitrogens with one attached hydrogen (secondary N) is 1. The van der Waals surface area contributed by atoms with E-state index in [1.54, 1.807) is 18.2 Å². The predicted octanol–water partition coefficient (Wildman–Crippen LogP) is 0.593. The fraction of sp³-hybridized carbons (Fsp3) is 0.0909. The maximum absolute atomic E-state index is 11.9. The molecule has 0 spiro atoms. The molecule has 1 aromatic carbocycles. The van der Waals surface area contributed by atoms with Gasteiger partial charge in [-0.15, -0.1) is 0 Å². The van der Waals surface area contributed by atoms with Gasteiger partial charge in [-0.25, -0.2) is 4.79 Å². The molecule has 86 valence electrons. The Balaban J connectivity index is 2.51. The average Bonchev–Trinajstić information content (AvgIpc) is 2.33. The number of carbonyl (C=O) groups is 1. The van der Waals surface area contributed by atoms with E-state index in [1.807, 2.05) is 0 Å². The van der Waals surface area contributed by atoms with E-state index in [2.05, 4.69) is 5.43 Å². The first-order valence-corrected chi connectivity index (χ1v) is 4.97. The second-order valence-electron chi connectivity index (χ2n) is 3.65. The molecular weight excluding hydrogens is 224 g/mol. The lowest BCUT2D eigenvalue weighted by Gasteiger charge is -2.22. The van der Waals surface area contributed by atoms with E-state index in [0.717, 1.165) is 0 Å². The first-order valence-electron chi connectivity index (χ1n) is 4.97. The Morgan fingerprint density at radius 1 is 1.47 bits per heavy atom. The van der Waals surface area contributed by atoms with Crippen molar-refractivity contribution in [2.45, 2.75) is 0 Å². The molecule has 2 heterocycles. The van der Waals surface area contributed by atoms with Gasteiger partial charge in [-0.1, -0.05) is 6.07 Å². The van der Waals surface area contributed by atoms with Gasteiger partial charge in [0, 0.05) is 6.20 Å². The summed E-state index contributed by atoms with van der Waals surface area (Å²) in [5, 5.41) is 9.29. The summed E-state index contributed by atoms with van der Waals surface area (Å²) in [6, 6.07) is 4.99. The molecule has 6 nitrogen and oxygen atoms in total. The number of benzene rings is 1. The van der Waals surface area contributed by atoms with Gasteiger partial charge >= 0.3 is 5.97 Å². The van der Waals surface area contributed by atoms with Crippen LogP contribution in [0.4, 0.5) is 0 Å². The van der Waals surface area contributed by atoms with Gasteiger partial charge in [-0.2, -0.15) is 0 Å². The molecule has 0 fully saturated rings. The number of rotatable bonds is 1. The fourth-order valence-electron chi connectivity index (χ4n) is 1.92. The standard InChI is InChI=1S/C11H8N2O4/c14-10-6-2-1-3-8-9(6)13(12-5-17-8)4-7(10)11(15)16/h1-4,12H,5H2,(H,15,16). The van der Waals surface area contributed by atoms with Crippen molar-refractivity contribution in [2.24, 2.45) is 0 Å². The minimum Gasteiger partial charge on any atom is -0.477 e. The van der Waals surface area contributed by atoms with Crippen LogP contribution in [0.1, 0.15) is 10.4 Å². The molecule has 17 heavy (non-hydrogen) atoms. The number of pyridine rings is 1. The van der Waals surface area contributed by atoms with Crippen LogP contribution in [0.2, 0.25) is 0 Å². The molecule has 3 rings (SSSR count). The molecule has 0 bridgehead atoms. The fourth-order valence-corrected chi connectivity index (χ4v) is 1.92. The Kier molecular flexibility index (Phi) is 1.85. The molecular formula is C11H8N2O4. The first-order chi connectivity index (χ1) is 8.18. The van der Waals surface area contributed by atoms with Crippen molar-refractivity contribution in [3.05, 3.63) is 40.2 Å². The number of nitrogens with zero attached hydrogens (tertiary/aromatic N) is 1. The zero-order valence-electron chi connectivity index (χ0n) is 8.64. The third-order valence-corrected chi connectivity index (χ3v) is 2.68. The van der Waals surface area contributed by atoms with Gasteiger partial charge in [-0.3, -0.25) is 14.9 Å². The molecule has 2 N–H and O–H groups in total. The number of hydrogen-bond donors (Lipinski definition) is 2. The minimum absolute atomic E-state index is 0.230. The maximum atomic E-state index is 11.9. The van der Waals surface area contributed by atoms with Crippen molar-refractivity contribution in [3.63, 3.8) is 0 Å². The van der Waals surface area contributed by atoms with Crippen molar-refractivity contribution >= 4 is 16.9 Å². The topological polar surface area (TPSA) is 80.6 Å². The Hall–Kier alpha value is -2.50. The molecule has 0 aliphatic carbocycles. The van der Waals surface area contributed by atoms with Crippen LogP contribution in [0.3, 0.4) is 0 Å². The third-order valence-electron chi connectivity index (χ3n) is 2.68. The lowest BCUT2D eigenvalue weighted by molar-refractivity contribution is 0.0695. The van der Waals surface area contributed by atoms with Crippen molar-refractivity contribution in [1.29, 1.82) is 0 Å². The summed E-state index contributed by atoms with van der Waals surface area (Å²) in [4.78, 5) is 22.9. The molecule has 1 aromatic heterocycles. The Morgan fingerprint density at radius 2 is 2.29 bits per heavy atom. The maximum Gasteiger partial charge on any atom is 0.341 e. The highest BCUT2D eigenvalue weighted by atomic mass is 16.5. The quantitative estimate of drug-likeness (QED) is 0.752. The molecule has 0 atom stereocenters. The highest BCUT2D eigenvalue weighted by Gasteiger charge is 2.19. The van der Waals surface area contributed by atoms with Crippen molar-refractivity contribution in [1.82, 2.24) is 4.68 Å². The van der Waals surface area contributed by atoms with E-state index < -0.39 is 11.4 Å². The number of para-hydroxylation sites is 1. The van der Waals surface area contributed by atoms with Gasteiger partial charge in [0.15, 0.2) is 6.73 Å². The summed E-state index contributed by atoms with van der Waals surface area (Å²) < 4.78 is 6.85. The molecule has 1 aliphatic heterocycles. The second-order valence-corrected chi connectivity index (χ2v) is 3.65. The van der Waals surface area contributed by atoms with Crippen LogP contribution < -0.4 is 15.6 Å². The SMILES string of the molecule is O=C(O)c1cn2c3c(cccc3c1=O)OCN2. The van der Waals surface area contributed by atoms with Crippen molar-refractivity contribution in [2.75, 3.05) is 12.2 Å². The highest BCUT2D eigenvalue weighted by molar-refractivity contribution is 5.94. The van der Waals surface area contributed by atoms with Crippen molar-refractivity contribution in [3.8, 4) is 5.75 Å². The van der Waals surface area contributed by atoms with Crippen LogP contribution in [0, 0.1) is 0 Å². The van der Waals surface area contributed by atoms with Gasteiger partial charge in [-0.05, 0) is 12.1 Å². The van der Waals surface area contributed by atoms with E-state index in [0.29, 0.717) is 16.7 Å². The van der Waals surface area contributed by atoms with Crippen LogP contribution in [0.15, 0.2) is 29.2 Å². The summed E-state index contributed by atoms with van der Waals surface area (Å²) in [6.45, 7) is 0.230. The molecule has 0 amide bonds. The van der Waals surface area contributed by atoms with Gasteiger partial charge in [0.2, 0.25) is 5.43 Å². The third kappa shape index (κ3) is 1.27. The number of carboxylic acid groups (broad SMARTS) is 1. The number of aromatic nitrogens is 1. The number of ether oxygens (including phenoxy) is 1. The van der Waals surface area contributed by atoms with E-state index in [1.165, 1.54) is 10.9 Å². The zero-order chi connectivity index (χ0) is 12.0. The van der Waals surface area contributed by atoms with Gasteiger partial charge in [0.05, 0.1) is 5.39 Å². The summed E-state index contributed by atoms with van der Waals surface area (Å²) >= 11 is 0. The average molecular weight is 232 g/mol. The number of hydrogen-bond acceptors (Lipinski definition) is 4. The zero-order valence-corrected chi connectivity index (χ0v) is 8.64. The summed E-state index contributed by atoms with van der Waals surface area (Å²) in [5.74, 6) is -0.672. The molecule has 0 unspecified atom stereocenters. The largest absolute Gasteiger partial charge is 0.477 e. The molecule has 0 saturated carbocycles. The van der Waals surface area contributed by atoms with E-state index in [-0.39, 0.29) is 12.3 Å². The van der Waals surface area contributed by atoms with Crippen molar-refractivity contribution < 1.29 is 14.6 Å². The monoisotopic (exact) mass is 232 g/mol. The molecule has 0 saturated heterocycles. The number of aromatic carboxylic acids is 1. The van der Waals surface area contributed by atoms with Gasteiger partial charge < -0.3 is 9.84 Å². The minimum atomic E-state index is -1.24. The molecule has 2 aromatic rings. The normalized spacial score (nSPS) is 12.9. The predicted molar refractivity (Wildman–Crippen MR) is 60.0 cm³/mol. The smallest absolute Gasteiger partial charge is 0.341 e. The first kappa shape index (κ1) is 9.71. The van der Waals surface area contributed by atoms with Crippen LogP contribution in [-0.4, -0.2) is 22.5 Å². The van der Waals surface area contributed by atoms with Crippen LogP contribution >= 0.6 is 0 Å². The Bertz CT molecular complexity index is 690. The summed E-state index contributed by atoms with van der Waals surface area (Å²) in [7, 11) is 0. The highest BCUT2D eigenvalue weighted by Crippen LogP contribution is 2.25. The lowest BCUT2D eigenvalue weighted by atomic mass is 10.1. The van der Waals surface area contributed by atoms with Gasteiger partial charge in [0.1, 0.15) is 16.8 Å². The second kappa shape index (κ2) is 3.24. The summed E-state index contributed by atoms with van der Waals surface area (Å²) in [6.07, 6.45) is 1.28. The van der Waals surface area contributed by atoms with Crippen LogP contribution in [0.25, 0.3) is 10.9 Å². The number of carboxylic acids is 1. The Morgan fingerprint density at radius 3 is 3.06 bits per heavy atom. The van der Waals surface area contributed by atoms with Gasteiger partial charge in [0.25, 0.3) is 0 Å². The lowest BCUT2D eigenvalue weighted by Crippen LogP contribution is -2.29. The Labute approximate surface area is 95.0 Å². The van der Waals surface area contributed by atoms with E-state index in [9.17, 15) is 9.59 Å². The summed E-state index contributed by atoms with van der Waals surface area (Å²) in [5.41, 5.74) is 2.64. The van der Waals surface area contributed by atoms with E-state index in [4.69, 9.17) is 9.84 Å². The van der Waals surface area contributed by atoms with Crippen LogP contribution in [0.5, 0.6) is 5.75 Å².